The van der Waals surface area contributed by atoms with Crippen LogP contribution in [-0.4, -0.2) is 29.1 Å². The Bertz CT molecular complexity index is 1070. The number of benzene rings is 2. The lowest BCUT2D eigenvalue weighted by Gasteiger charge is -2.24. The molecule has 5 nitrogen and oxygen atoms in total. The van der Waals surface area contributed by atoms with Crippen LogP contribution in [0.4, 0.5) is 4.39 Å². The standard InChI is InChI=1S/C20H16FNO4/c1-11-2-7-15-14(10-11)18(24)16-17(12-3-5-13(21)6-4-12)22(8-9-23)20(25)19(16)26-15/h2-7,10,17,23H,8-9H2,1H3/t17-/m0/s1. The molecule has 6 heteroatoms. The van der Waals surface area contributed by atoms with Crippen molar-refractivity contribution in [3.8, 4) is 0 Å². The molecule has 0 spiro atoms. The molecular formula is C20H16FNO4. The Hall–Kier alpha value is -2.99. The summed E-state index contributed by atoms with van der Waals surface area (Å²) in [5.74, 6) is -0.884. The van der Waals surface area contributed by atoms with Gasteiger partial charge in [-0.25, -0.2) is 4.39 Å². The maximum Gasteiger partial charge on any atom is 0.290 e. The van der Waals surface area contributed by atoms with Crippen LogP contribution in [0.15, 0.2) is 51.7 Å². The summed E-state index contributed by atoms with van der Waals surface area (Å²) in [7, 11) is 0. The minimum atomic E-state index is -0.716. The van der Waals surface area contributed by atoms with E-state index >= 15 is 0 Å². The largest absolute Gasteiger partial charge is 0.450 e. The molecule has 0 bridgehead atoms. The van der Waals surface area contributed by atoms with Gasteiger partial charge in [-0.05, 0) is 36.8 Å². The Balaban J connectivity index is 2.01. The lowest BCUT2D eigenvalue weighted by molar-refractivity contribution is 0.0691. The average molecular weight is 353 g/mol. The highest BCUT2D eigenvalue weighted by molar-refractivity contribution is 5.99. The monoisotopic (exact) mass is 353 g/mol. The third-order valence-corrected chi connectivity index (χ3v) is 4.65. The molecule has 26 heavy (non-hydrogen) atoms. The molecule has 0 saturated heterocycles. The van der Waals surface area contributed by atoms with Crippen LogP contribution >= 0.6 is 0 Å². The number of halogens is 1. The molecule has 3 aromatic rings. The van der Waals surface area contributed by atoms with Crippen molar-refractivity contribution in [3.05, 3.63) is 81.0 Å². The van der Waals surface area contributed by atoms with Crippen molar-refractivity contribution < 1.29 is 18.7 Å². The molecule has 1 aliphatic heterocycles. The number of aryl methyl sites for hydroxylation is 1. The van der Waals surface area contributed by atoms with E-state index in [1.807, 2.05) is 6.92 Å². The quantitative estimate of drug-likeness (QED) is 0.786. The zero-order chi connectivity index (χ0) is 18.4. The van der Waals surface area contributed by atoms with Crippen LogP contribution in [0.3, 0.4) is 0 Å². The van der Waals surface area contributed by atoms with Gasteiger partial charge in [-0.15, -0.1) is 0 Å². The topological polar surface area (TPSA) is 70.8 Å². The summed E-state index contributed by atoms with van der Waals surface area (Å²) in [4.78, 5) is 27.3. The molecule has 0 saturated carbocycles. The number of nitrogens with zero attached hydrogens (tertiary/aromatic N) is 1. The molecule has 0 aliphatic carbocycles. The predicted octanol–water partition coefficient (Wildman–Crippen LogP) is 2.78. The fraction of sp³-hybridized carbons (Fsp3) is 0.200. The summed E-state index contributed by atoms with van der Waals surface area (Å²) >= 11 is 0. The number of β-amino-alcohol motifs (C(OH)–C–C–N with tert-alkyl or cyclic N) is 1. The number of amides is 1. The van der Waals surface area contributed by atoms with Crippen molar-refractivity contribution in [2.24, 2.45) is 0 Å². The smallest absolute Gasteiger partial charge is 0.290 e. The van der Waals surface area contributed by atoms with Crippen molar-refractivity contribution in [3.63, 3.8) is 0 Å². The molecule has 132 valence electrons. The van der Waals surface area contributed by atoms with Crippen molar-refractivity contribution in [2.75, 3.05) is 13.2 Å². The Kier molecular flexibility index (Phi) is 3.85. The van der Waals surface area contributed by atoms with Gasteiger partial charge >= 0.3 is 0 Å². The van der Waals surface area contributed by atoms with E-state index in [4.69, 9.17) is 4.42 Å². The molecule has 0 unspecified atom stereocenters. The number of carbonyl (C=O) groups excluding carboxylic acids is 1. The van der Waals surface area contributed by atoms with E-state index in [1.165, 1.54) is 29.2 Å². The van der Waals surface area contributed by atoms with Gasteiger partial charge in [-0.2, -0.15) is 0 Å². The minimum Gasteiger partial charge on any atom is -0.450 e. The van der Waals surface area contributed by atoms with E-state index in [1.54, 1.807) is 18.2 Å². The Labute approximate surface area is 148 Å². The SMILES string of the molecule is Cc1ccc2oc3c(c(=O)c2c1)[C@H](c1ccc(F)cc1)N(CCO)C3=O. The van der Waals surface area contributed by atoms with E-state index < -0.39 is 17.8 Å². The lowest BCUT2D eigenvalue weighted by atomic mass is 9.98. The number of fused-ring (bicyclic) bond motifs is 2. The normalized spacial score (nSPS) is 16.3. The summed E-state index contributed by atoms with van der Waals surface area (Å²) in [5.41, 5.74) is 1.78. The number of carbonyl (C=O) groups is 1. The molecular weight excluding hydrogens is 337 g/mol. The van der Waals surface area contributed by atoms with Crippen LogP contribution in [0.5, 0.6) is 0 Å². The number of aliphatic hydroxyl groups excluding tert-OH is 1. The van der Waals surface area contributed by atoms with E-state index in [-0.39, 0.29) is 29.9 Å². The highest BCUT2D eigenvalue weighted by Gasteiger charge is 2.42. The van der Waals surface area contributed by atoms with Crippen LogP contribution < -0.4 is 5.43 Å². The average Bonchev–Trinajstić information content (AvgIpc) is 2.90. The first kappa shape index (κ1) is 16.5. The third kappa shape index (κ3) is 2.42. The first-order valence-electron chi connectivity index (χ1n) is 8.26. The lowest BCUT2D eigenvalue weighted by Crippen LogP contribution is -2.32. The Morgan fingerprint density at radius 2 is 1.88 bits per heavy atom. The number of rotatable bonds is 3. The number of aliphatic hydroxyl groups is 1. The summed E-state index contributed by atoms with van der Waals surface area (Å²) in [5, 5.41) is 9.76. The molecule has 0 fully saturated rings. The van der Waals surface area contributed by atoms with Gasteiger partial charge in [0.2, 0.25) is 5.76 Å². The fourth-order valence-electron chi connectivity index (χ4n) is 3.46. The van der Waals surface area contributed by atoms with Gasteiger partial charge in [-0.1, -0.05) is 23.8 Å². The predicted molar refractivity (Wildman–Crippen MR) is 93.6 cm³/mol. The van der Waals surface area contributed by atoms with Gasteiger partial charge in [0.1, 0.15) is 11.4 Å². The molecule has 2 aromatic carbocycles. The summed E-state index contributed by atoms with van der Waals surface area (Å²) < 4.78 is 19.1. The molecule has 0 radical (unpaired) electrons. The Morgan fingerprint density at radius 1 is 1.15 bits per heavy atom. The van der Waals surface area contributed by atoms with Crippen LogP contribution in [0.2, 0.25) is 0 Å². The fourth-order valence-corrected chi connectivity index (χ4v) is 3.46. The number of hydrogen-bond donors (Lipinski definition) is 1. The van der Waals surface area contributed by atoms with Crippen molar-refractivity contribution in [1.29, 1.82) is 0 Å². The minimum absolute atomic E-state index is 0.0193. The summed E-state index contributed by atoms with van der Waals surface area (Å²) in [6.07, 6.45) is 0. The van der Waals surface area contributed by atoms with Crippen molar-refractivity contribution in [2.45, 2.75) is 13.0 Å². The first-order chi connectivity index (χ1) is 12.5. The van der Waals surface area contributed by atoms with Crippen molar-refractivity contribution >= 4 is 16.9 Å². The second-order valence-corrected chi connectivity index (χ2v) is 6.35. The van der Waals surface area contributed by atoms with Gasteiger partial charge in [0.05, 0.1) is 23.6 Å². The zero-order valence-electron chi connectivity index (χ0n) is 14.0. The van der Waals surface area contributed by atoms with Gasteiger partial charge in [0, 0.05) is 6.54 Å². The molecule has 1 aromatic heterocycles. The highest BCUT2D eigenvalue weighted by Crippen LogP contribution is 2.37. The van der Waals surface area contributed by atoms with Crippen molar-refractivity contribution in [1.82, 2.24) is 4.90 Å². The summed E-state index contributed by atoms with van der Waals surface area (Å²) in [6, 6.07) is 10.1. The first-order valence-corrected chi connectivity index (χ1v) is 8.26. The van der Waals surface area contributed by atoms with Gasteiger partial charge < -0.3 is 14.4 Å². The van der Waals surface area contributed by atoms with Gasteiger partial charge in [-0.3, -0.25) is 9.59 Å². The molecule has 4 rings (SSSR count). The molecule has 1 amide bonds. The van der Waals surface area contributed by atoms with Gasteiger partial charge in [0.25, 0.3) is 5.91 Å². The second-order valence-electron chi connectivity index (χ2n) is 6.35. The Morgan fingerprint density at radius 3 is 2.58 bits per heavy atom. The van der Waals surface area contributed by atoms with Crippen LogP contribution in [0, 0.1) is 12.7 Å². The molecule has 1 aliphatic rings. The van der Waals surface area contributed by atoms with E-state index in [0.717, 1.165) is 5.56 Å². The third-order valence-electron chi connectivity index (χ3n) is 4.65. The summed E-state index contributed by atoms with van der Waals surface area (Å²) in [6.45, 7) is 1.65. The molecule has 1 N–H and O–H groups in total. The van der Waals surface area contributed by atoms with Crippen LogP contribution in [0.25, 0.3) is 11.0 Å². The highest BCUT2D eigenvalue weighted by atomic mass is 19.1. The van der Waals surface area contributed by atoms with Crippen LogP contribution in [-0.2, 0) is 0 Å². The maximum absolute atomic E-state index is 13.3. The second kappa shape index (κ2) is 6.07. The molecule has 2 heterocycles. The van der Waals surface area contributed by atoms with Gasteiger partial charge in [0.15, 0.2) is 5.43 Å². The van der Waals surface area contributed by atoms with Crippen LogP contribution in [0.1, 0.15) is 33.3 Å². The maximum atomic E-state index is 13.3. The van der Waals surface area contributed by atoms with E-state index in [9.17, 15) is 19.1 Å². The van der Waals surface area contributed by atoms with E-state index in [0.29, 0.717) is 16.5 Å². The zero-order valence-corrected chi connectivity index (χ0v) is 14.0. The molecule has 1 atom stereocenters. The van der Waals surface area contributed by atoms with E-state index in [2.05, 4.69) is 0 Å². The number of hydrogen-bond acceptors (Lipinski definition) is 4.